The number of hydrogen-bond donors (Lipinski definition) is 1. The van der Waals surface area contributed by atoms with Crippen molar-refractivity contribution in [3.8, 4) is 0 Å². The molecule has 0 saturated heterocycles. The molecule has 0 amide bonds. The minimum absolute atomic E-state index is 0.114. The normalized spacial score (nSPS) is 28.4. The maximum absolute atomic E-state index is 9.96. The maximum atomic E-state index is 9.96. The van der Waals surface area contributed by atoms with Gasteiger partial charge in [0.15, 0.2) is 0 Å². The molecular formula is C27H45NO3. The van der Waals surface area contributed by atoms with E-state index in [1.807, 2.05) is 0 Å². The molecule has 2 saturated carbocycles. The van der Waals surface area contributed by atoms with E-state index in [0.29, 0.717) is 11.8 Å². The lowest BCUT2D eigenvalue weighted by molar-refractivity contribution is -0.148. The predicted molar refractivity (Wildman–Crippen MR) is 128 cm³/mol. The molecule has 1 aromatic carbocycles. The molecule has 1 aromatic rings. The molecule has 0 spiro atoms. The van der Waals surface area contributed by atoms with Crippen molar-refractivity contribution >= 4 is 5.97 Å². The lowest BCUT2D eigenvalue weighted by Crippen LogP contribution is -2.47. The lowest BCUT2D eigenvalue weighted by Gasteiger charge is -2.49. The van der Waals surface area contributed by atoms with Crippen LogP contribution in [0.3, 0.4) is 0 Å². The van der Waals surface area contributed by atoms with Gasteiger partial charge in [0.2, 0.25) is 0 Å². The van der Waals surface area contributed by atoms with Crippen molar-refractivity contribution in [1.29, 1.82) is 0 Å². The van der Waals surface area contributed by atoms with E-state index in [0.717, 1.165) is 38.3 Å². The van der Waals surface area contributed by atoms with Crippen LogP contribution in [-0.4, -0.2) is 43.2 Å². The molecule has 0 unspecified atom stereocenters. The van der Waals surface area contributed by atoms with Gasteiger partial charge in [-0.1, -0.05) is 77.3 Å². The van der Waals surface area contributed by atoms with E-state index in [1.165, 1.54) is 31.2 Å². The van der Waals surface area contributed by atoms with Gasteiger partial charge in [-0.15, -0.1) is 0 Å². The van der Waals surface area contributed by atoms with Crippen molar-refractivity contribution in [2.45, 2.75) is 84.7 Å². The Balaban J connectivity index is 0.000000323. The van der Waals surface area contributed by atoms with Crippen molar-refractivity contribution in [1.82, 2.24) is 4.90 Å². The van der Waals surface area contributed by atoms with Gasteiger partial charge in [-0.05, 0) is 56.7 Å². The van der Waals surface area contributed by atoms with Crippen LogP contribution in [0.4, 0.5) is 0 Å². The number of carboxylic acids is 1. The van der Waals surface area contributed by atoms with Gasteiger partial charge in [0.05, 0.1) is 12.2 Å². The van der Waals surface area contributed by atoms with E-state index in [2.05, 4.69) is 77.0 Å². The quantitative estimate of drug-likeness (QED) is 0.439. The molecule has 3 rings (SSSR count). The third-order valence-corrected chi connectivity index (χ3v) is 8.23. The Morgan fingerprint density at radius 2 is 1.81 bits per heavy atom. The van der Waals surface area contributed by atoms with Crippen LogP contribution in [0.5, 0.6) is 0 Å². The van der Waals surface area contributed by atoms with Gasteiger partial charge in [-0.2, -0.15) is 0 Å². The van der Waals surface area contributed by atoms with Crippen LogP contribution in [0.25, 0.3) is 0 Å². The first kappa shape index (κ1) is 25.9. The number of hydrogen-bond acceptors (Lipinski definition) is 3. The largest absolute Gasteiger partial charge is 0.481 e. The molecule has 3 atom stereocenters. The lowest BCUT2D eigenvalue weighted by atomic mass is 9.62. The molecule has 1 N–H and O–H groups in total. The number of carbonyl (C=O) groups is 1. The monoisotopic (exact) mass is 431 g/mol. The summed E-state index contributed by atoms with van der Waals surface area (Å²) in [4.78, 5) is 12.2. The second-order valence-electron chi connectivity index (χ2n) is 10.5. The Morgan fingerprint density at radius 3 is 2.29 bits per heavy atom. The van der Waals surface area contributed by atoms with E-state index in [1.54, 1.807) is 0 Å². The van der Waals surface area contributed by atoms with Crippen molar-refractivity contribution < 1.29 is 14.6 Å². The molecule has 0 aromatic heterocycles. The summed E-state index contributed by atoms with van der Waals surface area (Å²) in [6.45, 7) is 11.3. The van der Waals surface area contributed by atoms with Gasteiger partial charge in [0.1, 0.15) is 0 Å². The number of fused-ring (bicyclic) bond motifs is 2. The fraction of sp³-hybridized carbons (Fsp3) is 0.741. The first-order valence-electron chi connectivity index (χ1n) is 12.2. The van der Waals surface area contributed by atoms with Crippen molar-refractivity contribution in [2.24, 2.45) is 16.7 Å². The summed E-state index contributed by atoms with van der Waals surface area (Å²) in [6.07, 6.45) is 8.36. The van der Waals surface area contributed by atoms with Crippen LogP contribution in [0.15, 0.2) is 30.3 Å². The Kier molecular flexibility index (Phi) is 9.14. The molecule has 176 valence electrons. The Hall–Kier alpha value is -1.39. The summed E-state index contributed by atoms with van der Waals surface area (Å²) in [6, 6.07) is 11.0. The van der Waals surface area contributed by atoms with E-state index < -0.39 is 5.97 Å². The second kappa shape index (κ2) is 11.0. The van der Waals surface area contributed by atoms with E-state index >= 15 is 0 Å². The SMILES string of the molecule is CCCCCCC(=O)O.CN(C)CCO[C@]1(c2ccccc2)C[C@H]2CC[C@]1(C)C2(C)C. The molecule has 2 fully saturated rings. The van der Waals surface area contributed by atoms with Gasteiger partial charge in [-0.25, -0.2) is 0 Å². The topological polar surface area (TPSA) is 49.8 Å². The van der Waals surface area contributed by atoms with E-state index in [4.69, 9.17) is 9.84 Å². The van der Waals surface area contributed by atoms with Gasteiger partial charge < -0.3 is 14.7 Å². The summed E-state index contributed by atoms with van der Waals surface area (Å²) in [7, 11) is 4.23. The Morgan fingerprint density at radius 1 is 1.13 bits per heavy atom. The fourth-order valence-electron chi connectivity index (χ4n) is 5.80. The highest BCUT2D eigenvalue weighted by Crippen LogP contribution is 2.73. The van der Waals surface area contributed by atoms with Crippen LogP contribution >= 0.6 is 0 Å². The zero-order valence-electron chi connectivity index (χ0n) is 20.7. The van der Waals surface area contributed by atoms with Gasteiger partial charge in [0.25, 0.3) is 0 Å². The van der Waals surface area contributed by atoms with Crippen LogP contribution in [0, 0.1) is 16.7 Å². The molecule has 0 radical (unpaired) electrons. The zero-order valence-corrected chi connectivity index (χ0v) is 20.7. The average Bonchev–Trinajstić information content (AvgIpc) is 3.04. The number of nitrogens with zero attached hydrogens (tertiary/aromatic N) is 1. The van der Waals surface area contributed by atoms with Crippen LogP contribution in [0.1, 0.15) is 84.6 Å². The number of benzene rings is 1. The highest BCUT2D eigenvalue weighted by molar-refractivity contribution is 5.66. The minimum atomic E-state index is -0.675. The molecule has 2 bridgehead atoms. The van der Waals surface area contributed by atoms with Crippen LogP contribution in [-0.2, 0) is 15.1 Å². The smallest absolute Gasteiger partial charge is 0.303 e. The van der Waals surface area contributed by atoms with Crippen molar-refractivity contribution in [3.05, 3.63) is 35.9 Å². The fourth-order valence-corrected chi connectivity index (χ4v) is 5.80. The summed E-state index contributed by atoms with van der Waals surface area (Å²) in [5.41, 5.74) is 1.84. The Bertz CT molecular complexity index is 687. The molecule has 31 heavy (non-hydrogen) atoms. The molecule has 0 heterocycles. The first-order valence-corrected chi connectivity index (χ1v) is 12.2. The Labute approximate surface area is 190 Å². The third-order valence-electron chi connectivity index (χ3n) is 8.23. The highest BCUT2D eigenvalue weighted by Gasteiger charge is 2.69. The van der Waals surface area contributed by atoms with Gasteiger partial charge in [0, 0.05) is 18.4 Å². The molecule has 2 aliphatic rings. The second-order valence-corrected chi connectivity index (χ2v) is 10.5. The molecule has 0 aliphatic heterocycles. The molecule has 4 heteroatoms. The standard InChI is InChI=1S/C20H31NO.C7H14O2/c1-18(2)17-11-12-19(18,3)20(15-17,22-14-13-21(4)5)16-9-7-6-8-10-16;1-2-3-4-5-6-7(8)9/h6-10,17H,11-15H2,1-5H3;2-6H2,1H3,(H,8,9)/t17-,19-,20+;/m1./s1. The minimum Gasteiger partial charge on any atom is -0.481 e. The molecule has 4 nitrogen and oxygen atoms in total. The predicted octanol–water partition coefficient (Wildman–Crippen LogP) is 6.35. The number of ether oxygens (including phenoxy) is 1. The third kappa shape index (κ3) is 5.51. The maximum Gasteiger partial charge on any atom is 0.303 e. The average molecular weight is 432 g/mol. The summed E-state index contributed by atoms with van der Waals surface area (Å²) in [5, 5.41) is 8.21. The molecular weight excluding hydrogens is 386 g/mol. The highest BCUT2D eigenvalue weighted by atomic mass is 16.5. The summed E-state index contributed by atoms with van der Waals surface area (Å²) in [5.74, 6) is 0.100. The van der Waals surface area contributed by atoms with Gasteiger partial charge >= 0.3 is 5.97 Å². The zero-order chi connectivity index (χ0) is 23.1. The summed E-state index contributed by atoms with van der Waals surface area (Å²) < 4.78 is 6.72. The molecule has 2 aliphatic carbocycles. The number of aliphatic carboxylic acids is 1. The first-order chi connectivity index (χ1) is 14.6. The number of likely N-dealkylation sites (N-methyl/N-ethyl adjacent to an activating group) is 1. The van der Waals surface area contributed by atoms with Crippen molar-refractivity contribution in [2.75, 3.05) is 27.2 Å². The van der Waals surface area contributed by atoms with E-state index in [-0.39, 0.29) is 11.0 Å². The summed E-state index contributed by atoms with van der Waals surface area (Å²) >= 11 is 0. The van der Waals surface area contributed by atoms with Crippen LogP contribution in [0.2, 0.25) is 0 Å². The van der Waals surface area contributed by atoms with Gasteiger partial charge in [-0.3, -0.25) is 4.79 Å². The van der Waals surface area contributed by atoms with Crippen LogP contribution < -0.4 is 0 Å². The van der Waals surface area contributed by atoms with E-state index in [9.17, 15) is 4.79 Å². The number of rotatable bonds is 10. The number of carboxylic acid groups (broad SMARTS) is 1. The van der Waals surface area contributed by atoms with Crippen molar-refractivity contribution in [3.63, 3.8) is 0 Å². The number of unbranched alkanes of at least 4 members (excludes halogenated alkanes) is 3.